The fraction of sp³-hybridized carbons (Fsp3) is 0.182. The van der Waals surface area contributed by atoms with Crippen LogP contribution in [0.2, 0.25) is 10.0 Å². The van der Waals surface area contributed by atoms with Crippen molar-refractivity contribution in [3.8, 4) is 5.75 Å². The summed E-state index contributed by atoms with van der Waals surface area (Å²) in [7, 11) is 1.29. The van der Waals surface area contributed by atoms with E-state index in [-0.39, 0.29) is 31.1 Å². The summed E-state index contributed by atoms with van der Waals surface area (Å²) in [5.41, 5.74) is 1.66. The highest BCUT2D eigenvalue weighted by molar-refractivity contribution is 6.39. The molecule has 0 bridgehead atoms. The minimum Gasteiger partial charge on any atom is -0.492 e. The summed E-state index contributed by atoms with van der Waals surface area (Å²) >= 11 is 12.4. The smallest absolute Gasteiger partial charge is 0.338 e. The van der Waals surface area contributed by atoms with Gasteiger partial charge in [0.25, 0.3) is 0 Å². The first-order chi connectivity index (χ1) is 14.4. The van der Waals surface area contributed by atoms with E-state index in [9.17, 15) is 9.59 Å². The average Bonchev–Trinajstić information content (AvgIpc) is 2.72. The van der Waals surface area contributed by atoms with Gasteiger partial charge in [0.15, 0.2) is 0 Å². The maximum atomic E-state index is 12.2. The molecule has 30 heavy (non-hydrogen) atoms. The second-order valence-electron chi connectivity index (χ2n) is 6.45. The number of hydrogen-bond donors (Lipinski definition) is 2. The van der Waals surface area contributed by atoms with Crippen molar-refractivity contribution in [3.63, 3.8) is 0 Å². The van der Waals surface area contributed by atoms with Gasteiger partial charge in [-0.25, -0.2) is 4.79 Å². The number of carbonyl (C=O) groups excluding carboxylic acids is 2. The lowest BCUT2D eigenvalue weighted by atomic mass is 10.1. The Morgan fingerprint density at radius 3 is 2.47 bits per heavy atom. The lowest BCUT2D eigenvalue weighted by Gasteiger charge is -2.13. The number of aliphatic hydroxyl groups is 1. The number of rotatable bonds is 7. The molecular weight excluding hydrogens is 429 g/mol. The molecule has 0 saturated carbocycles. The lowest BCUT2D eigenvalue weighted by molar-refractivity contribution is -0.116. The zero-order chi connectivity index (χ0) is 21.7. The van der Waals surface area contributed by atoms with Crippen LogP contribution in [0.1, 0.15) is 22.3 Å². The molecule has 1 amide bonds. The maximum Gasteiger partial charge on any atom is 0.338 e. The Balaban J connectivity index is 1.74. The van der Waals surface area contributed by atoms with Crippen LogP contribution in [0.25, 0.3) is 10.8 Å². The molecule has 0 aromatic heterocycles. The van der Waals surface area contributed by atoms with E-state index in [0.29, 0.717) is 32.3 Å². The molecule has 0 aliphatic rings. The molecule has 0 atom stereocenters. The number of methoxy groups -OCH3 is 1. The predicted molar refractivity (Wildman–Crippen MR) is 116 cm³/mol. The Morgan fingerprint density at radius 2 is 1.80 bits per heavy atom. The van der Waals surface area contributed by atoms with Crippen LogP contribution in [0, 0.1) is 0 Å². The van der Waals surface area contributed by atoms with Gasteiger partial charge in [0.1, 0.15) is 5.75 Å². The third-order valence-electron chi connectivity index (χ3n) is 4.36. The van der Waals surface area contributed by atoms with E-state index in [2.05, 4.69) is 5.32 Å². The number of hydrogen-bond acceptors (Lipinski definition) is 5. The molecular formula is C22H19Cl2NO5. The number of benzene rings is 3. The monoisotopic (exact) mass is 447 g/mol. The van der Waals surface area contributed by atoms with Crippen LogP contribution in [0.15, 0.2) is 48.5 Å². The van der Waals surface area contributed by atoms with Gasteiger partial charge in [0, 0.05) is 16.1 Å². The van der Waals surface area contributed by atoms with E-state index >= 15 is 0 Å². The van der Waals surface area contributed by atoms with Gasteiger partial charge in [0.2, 0.25) is 5.91 Å². The molecule has 0 spiro atoms. The predicted octanol–water partition coefficient (Wildman–Crippen LogP) is 4.83. The van der Waals surface area contributed by atoms with Crippen molar-refractivity contribution < 1.29 is 24.2 Å². The van der Waals surface area contributed by atoms with Gasteiger partial charge >= 0.3 is 5.97 Å². The van der Waals surface area contributed by atoms with Crippen LogP contribution in [0.3, 0.4) is 0 Å². The fourth-order valence-electron chi connectivity index (χ4n) is 2.91. The molecule has 3 aromatic rings. The number of fused-ring (bicyclic) bond motifs is 1. The van der Waals surface area contributed by atoms with Crippen molar-refractivity contribution in [2.24, 2.45) is 0 Å². The second kappa shape index (κ2) is 9.80. The number of nitrogens with one attached hydrogen (secondary N) is 1. The molecule has 0 saturated heterocycles. The van der Waals surface area contributed by atoms with E-state index in [0.717, 1.165) is 5.56 Å². The van der Waals surface area contributed by atoms with E-state index in [1.807, 2.05) is 0 Å². The van der Waals surface area contributed by atoms with E-state index < -0.39 is 5.97 Å². The largest absolute Gasteiger partial charge is 0.492 e. The maximum absolute atomic E-state index is 12.2. The van der Waals surface area contributed by atoms with Crippen LogP contribution >= 0.6 is 23.2 Å². The van der Waals surface area contributed by atoms with Gasteiger partial charge in [-0.1, -0.05) is 35.3 Å². The highest BCUT2D eigenvalue weighted by Crippen LogP contribution is 2.36. The zero-order valence-electron chi connectivity index (χ0n) is 16.1. The molecule has 6 nitrogen and oxygen atoms in total. The molecule has 3 aromatic carbocycles. The van der Waals surface area contributed by atoms with Crippen LogP contribution in [0.4, 0.5) is 5.69 Å². The minimum atomic E-state index is -0.526. The van der Waals surface area contributed by atoms with Gasteiger partial charge in [-0.3, -0.25) is 4.79 Å². The molecule has 0 aliphatic heterocycles. The molecule has 0 radical (unpaired) electrons. The van der Waals surface area contributed by atoms with Gasteiger partial charge in [0.05, 0.1) is 37.3 Å². The van der Waals surface area contributed by atoms with Gasteiger partial charge in [-0.15, -0.1) is 0 Å². The summed E-state index contributed by atoms with van der Waals surface area (Å²) in [6.45, 7) is 0.00761. The summed E-state index contributed by atoms with van der Waals surface area (Å²) in [5, 5.41) is 13.8. The number of ether oxygens (including phenoxy) is 2. The average molecular weight is 448 g/mol. The van der Waals surface area contributed by atoms with Gasteiger partial charge in [-0.2, -0.15) is 0 Å². The van der Waals surface area contributed by atoms with Crippen LogP contribution < -0.4 is 10.1 Å². The topological polar surface area (TPSA) is 84.9 Å². The SMILES string of the molecule is COC(=O)c1cc(OCCC(=O)Nc2ccc(CO)cc2)c2c(Cl)cc(Cl)cc2c1. The number of esters is 1. The van der Waals surface area contributed by atoms with Crippen LogP contribution in [-0.4, -0.2) is 30.7 Å². The van der Waals surface area contributed by atoms with Gasteiger partial charge < -0.3 is 19.9 Å². The molecule has 8 heteroatoms. The molecule has 2 N–H and O–H groups in total. The van der Waals surface area contributed by atoms with Crippen molar-refractivity contribution in [1.29, 1.82) is 0 Å². The van der Waals surface area contributed by atoms with E-state index in [4.69, 9.17) is 37.8 Å². The molecule has 0 aliphatic carbocycles. The van der Waals surface area contributed by atoms with Gasteiger partial charge in [-0.05, 0) is 47.3 Å². The summed E-state index contributed by atoms with van der Waals surface area (Å²) in [4.78, 5) is 24.2. The van der Waals surface area contributed by atoms with Crippen molar-refractivity contribution in [2.45, 2.75) is 13.0 Å². The van der Waals surface area contributed by atoms with Crippen LogP contribution in [0.5, 0.6) is 5.75 Å². The Labute approximate surface area is 183 Å². The third-order valence-corrected chi connectivity index (χ3v) is 4.87. The Bertz CT molecular complexity index is 1080. The molecule has 156 valence electrons. The third kappa shape index (κ3) is 5.21. The lowest BCUT2D eigenvalue weighted by Crippen LogP contribution is -2.15. The first-order valence-corrected chi connectivity index (χ1v) is 9.80. The molecule has 3 rings (SSSR count). The highest BCUT2D eigenvalue weighted by Gasteiger charge is 2.15. The molecule has 0 heterocycles. The summed E-state index contributed by atoms with van der Waals surface area (Å²) in [5.74, 6) is -0.411. The minimum absolute atomic E-state index is 0.0611. The first kappa shape index (κ1) is 21.9. The van der Waals surface area contributed by atoms with Crippen LogP contribution in [-0.2, 0) is 16.1 Å². The zero-order valence-corrected chi connectivity index (χ0v) is 17.6. The Morgan fingerprint density at radius 1 is 1.07 bits per heavy atom. The van der Waals surface area contributed by atoms with Crippen molar-refractivity contribution in [2.75, 3.05) is 19.0 Å². The summed E-state index contributed by atoms with van der Waals surface area (Å²) in [6.07, 6.45) is 0.0803. The van der Waals surface area contributed by atoms with Crippen molar-refractivity contribution >= 4 is 51.5 Å². The van der Waals surface area contributed by atoms with E-state index in [1.54, 1.807) is 42.5 Å². The Hall–Kier alpha value is -2.80. The summed E-state index contributed by atoms with van der Waals surface area (Å²) in [6, 6.07) is 13.3. The van der Waals surface area contributed by atoms with Crippen molar-refractivity contribution in [1.82, 2.24) is 0 Å². The first-order valence-electron chi connectivity index (χ1n) is 9.05. The number of carbonyl (C=O) groups is 2. The van der Waals surface area contributed by atoms with E-state index in [1.165, 1.54) is 13.2 Å². The number of aliphatic hydroxyl groups excluding tert-OH is 1. The fourth-order valence-corrected chi connectivity index (χ4v) is 3.51. The normalized spacial score (nSPS) is 10.7. The highest BCUT2D eigenvalue weighted by atomic mass is 35.5. The number of anilines is 1. The second-order valence-corrected chi connectivity index (χ2v) is 7.30. The Kier molecular flexibility index (Phi) is 7.15. The summed E-state index contributed by atoms with van der Waals surface area (Å²) < 4.78 is 10.6. The molecule has 0 fully saturated rings. The quantitative estimate of drug-likeness (QED) is 0.506. The number of halogens is 2. The standard InChI is InChI=1S/C22H19Cl2NO5/c1-29-22(28)15-8-14-9-16(23)11-18(24)21(14)19(10-15)30-7-6-20(27)25-17-4-2-13(12-26)3-5-17/h2-5,8-11,26H,6-7,12H2,1H3,(H,25,27). The number of amides is 1. The van der Waals surface area contributed by atoms with Crippen molar-refractivity contribution in [3.05, 3.63) is 69.7 Å². The molecule has 0 unspecified atom stereocenters.